The minimum Gasteiger partial charge on any atom is -0.480 e. The molecule has 1 aromatic carbocycles. The SMILES string of the molecule is COc1ccc(CNc2ccc(Oc3cccnn3)cc2)nn1. The van der Waals surface area contributed by atoms with Crippen LogP contribution in [-0.2, 0) is 6.54 Å². The molecular weight excluding hydrogens is 294 g/mol. The van der Waals surface area contributed by atoms with Crippen molar-refractivity contribution in [1.82, 2.24) is 20.4 Å². The van der Waals surface area contributed by atoms with Crippen LogP contribution >= 0.6 is 0 Å². The molecule has 7 nitrogen and oxygen atoms in total. The molecule has 2 heterocycles. The summed E-state index contributed by atoms with van der Waals surface area (Å²) >= 11 is 0. The summed E-state index contributed by atoms with van der Waals surface area (Å²) < 4.78 is 10.6. The van der Waals surface area contributed by atoms with Gasteiger partial charge in [-0.15, -0.1) is 10.2 Å². The molecule has 0 bridgehead atoms. The summed E-state index contributed by atoms with van der Waals surface area (Å²) in [6.07, 6.45) is 1.60. The maximum atomic E-state index is 5.58. The van der Waals surface area contributed by atoms with Crippen LogP contribution in [0.25, 0.3) is 0 Å². The van der Waals surface area contributed by atoms with Crippen molar-refractivity contribution in [2.75, 3.05) is 12.4 Å². The topological polar surface area (TPSA) is 82.0 Å². The molecule has 0 atom stereocenters. The first kappa shape index (κ1) is 14.7. The van der Waals surface area contributed by atoms with E-state index in [9.17, 15) is 0 Å². The number of hydrogen-bond donors (Lipinski definition) is 1. The van der Waals surface area contributed by atoms with E-state index < -0.39 is 0 Å². The molecule has 0 unspecified atom stereocenters. The van der Waals surface area contributed by atoms with Crippen molar-refractivity contribution >= 4 is 5.69 Å². The normalized spacial score (nSPS) is 10.1. The zero-order valence-corrected chi connectivity index (χ0v) is 12.5. The van der Waals surface area contributed by atoms with Crippen LogP contribution in [0.3, 0.4) is 0 Å². The Labute approximate surface area is 133 Å². The first-order chi connectivity index (χ1) is 11.3. The Hall–Kier alpha value is -3.22. The van der Waals surface area contributed by atoms with E-state index in [1.807, 2.05) is 30.3 Å². The molecule has 7 heteroatoms. The number of benzene rings is 1. The van der Waals surface area contributed by atoms with Crippen molar-refractivity contribution < 1.29 is 9.47 Å². The second kappa shape index (κ2) is 7.17. The molecule has 0 fully saturated rings. The molecule has 23 heavy (non-hydrogen) atoms. The van der Waals surface area contributed by atoms with E-state index >= 15 is 0 Å². The Balaban J connectivity index is 1.56. The lowest BCUT2D eigenvalue weighted by molar-refractivity contribution is 0.391. The molecule has 0 saturated heterocycles. The van der Waals surface area contributed by atoms with E-state index in [1.165, 1.54) is 0 Å². The number of ether oxygens (including phenoxy) is 2. The van der Waals surface area contributed by atoms with Gasteiger partial charge in [0.05, 0.1) is 19.3 Å². The predicted molar refractivity (Wildman–Crippen MR) is 84.5 cm³/mol. The third-order valence-corrected chi connectivity index (χ3v) is 3.00. The van der Waals surface area contributed by atoms with E-state index in [2.05, 4.69) is 25.7 Å². The van der Waals surface area contributed by atoms with Gasteiger partial charge < -0.3 is 14.8 Å². The summed E-state index contributed by atoms with van der Waals surface area (Å²) in [7, 11) is 1.56. The molecule has 0 spiro atoms. The van der Waals surface area contributed by atoms with Crippen molar-refractivity contribution in [2.24, 2.45) is 0 Å². The molecule has 0 radical (unpaired) electrons. The van der Waals surface area contributed by atoms with E-state index in [0.29, 0.717) is 24.1 Å². The third kappa shape index (κ3) is 4.13. The number of nitrogens with one attached hydrogen (secondary N) is 1. The van der Waals surface area contributed by atoms with Crippen LogP contribution in [0, 0.1) is 0 Å². The van der Waals surface area contributed by atoms with Gasteiger partial charge in [0.25, 0.3) is 0 Å². The highest BCUT2D eigenvalue weighted by Crippen LogP contribution is 2.21. The largest absolute Gasteiger partial charge is 0.480 e. The van der Waals surface area contributed by atoms with Gasteiger partial charge >= 0.3 is 0 Å². The van der Waals surface area contributed by atoms with Crippen LogP contribution in [0.4, 0.5) is 5.69 Å². The average Bonchev–Trinajstić information content (AvgIpc) is 2.62. The minimum absolute atomic E-state index is 0.460. The highest BCUT2D eigenvalue weighted by molar-refractivity contribution is 5.47. The van der Waals surface area contributed by atoms with E-state index in [4.69, 9.17) is 9.47 Å². The number of methoxy groups -OCH3 is 1. The lowest BCUT2D eigenvalue weighted by Gasteiger charge is -2.08. The zero-order valence-electron chi connectivity index (χ0n) is 12.5. The fraction of sp³-hybridized carbons (Fsp3) is 0.125. The molecule has 116 valence electrons. The molecular formula is C16H15N5O2. The molecule has 3 rings (SSSR count). The lowest BCUT2D eigenvalue weighted by Crippen LogP contribution is -2.03. The van der Waals surface area contributed by atoms with Gasteiger partial charge in [-0.05, 0) is 36.4 Å². The first-order valence-electron chi connectivity index (χ1n) is 6.99. The van der Waals surface area contributed by atoms with Crippen molar-refractivity contribution in [2.45, 2.75) is 6.54 Å². The fourth-order valence-electron chi connectivity index (χ4n) is 1.85. The summed E-state index contributed by atoms with van der Waals surface area (Å²) in [6, 6.07) is 14.7. The van der Waals surface area contributed by atoms with Gasteiger partial charge in [-0.2, -0.15) is 10.2 Å². The number of nitrogens with zero attached hydrogens (tertiary/aromatic N) is 4. The summed E-state index contributed by atoms with van der Waals surface area (Å²) in [5, 5.41) is 18.9. The summed E-state index contributed by atoms with van der Waals surface area (Å²) in [5.74, 6) is 1.65. The van der Waals surface area contributed by atoms with Gasteiger partial charge in [-0.3, -0.25) is 0 Å². The van der Waals surface area contributed by atoms with Crippen molar-refractivity contribution in [3.63, 3.8) is 0 Å². The Bertz CT molecular complexity index is 733. The number of anilines is 1. The summed E-state index contributed by atoms with van der Waals surface area (Å²) in [4.78, 5) is 0. The summed E-state index contributed by atoms with van der Waals surface area (Å²) in [5.41, 5.74) is 1.78. The molecule has 0 amide bonds. The summed E-state index contributed by atoms with van der Waals surface area (Å²) in [6.45, 7) is 0.571. The average molecular weight is 309 g/mol. The van der Waals surface area contributed by atoms with Gasteiger partial charge in [-0.25, -0.2) is 0 Å². The monoisotopic (exact) mass is 309 g/mol. The van der Waals surface area contributed by atoms with Gasteiger partial charge in [0.1, 0.15) is 5.75 Å². The standard InChI is InChI=1S/C16H15N5O2/c1-22-15-9-6-13(19-21-15)11-17-12-4-7-14(8-5-12)23-16-3-2-10-18-20-16/h2-10,17H,11H2,1H3. The van der Waals surface area contributed by atoms with E-state index in [1.54, 1.807) is 31.5 Å². The van der Waals surface area contributed by atoms with Crippen molar-refractivity contribution in [3.05, 3.63) is 60.4 Å². The number of hydrogen-bond acceptors (Lipinski definition) is 7. The maximum absolute atomic E-state index is 5.58. The molecule has 3 aromatic rings. The van der Waals surface area contributed by atoms with Crippen LogP contribution < -0.4 is 14.8 Å². The molecule has 1 N–H and O–H groups in total. The van der Waals surface area contributed by atoms with Gasteiger partial charge in [0.15, 0.2) is 0 Å². The number of rotatable bonds is 6. The highest BCUT2D eigenvalue weighted by atomic mass is 16.5. The van der Waals surface area contributed by atoms with E-state index in [-0.39, 0.29) is 0 Å². The second-order valence-corrected chi connectivity index (χ2v) is 4.61. The lowest BCUT2D eigenvalue weighted by atomic mass is 10.3. The third-order valence-electron chi connectivity index (χ3n) is 3.00. The van der Waals surface area contributed by atoms with E-state index in [0.717, 1.165) is 11.4 Å². The van der Waals surface area contributed by atoms with Crippen LogP contribution in [0.5, 0.6) is 17.5 Å². The van der Waals surface area contributed by atoms with Crippen LogP contribution in [-0.4, -0.2) is 27.5 Å². The zero-order chi connectivity index (χ0) is 15.9. The molecule has 0 aliphatic rings. The molecule has 2 aromatic heterocycles. The smallest absolute Gasteiger partial charge is 0.238 e. The minimum atomic E-state index is 0.460. The Morgan fingerprint density at radius 3 is 2.43 bits per heavy atom. The first-order valence-corrected chi connectivity index (χ1v) is 6.99. The van der Waals surface area contributed by atoms with Crippen LogP contribution in [0.2, 0.25) is 0 Å². The Morgan fingerprint density at radius 1 is 0.913 bits per heavy atom. The molecule has 0 aliphatic carbocycles. The van der Waals surface area contributed by atoms with Crippen molar-refractivity contribution in [3.8, 4) is 17.5 Å². The second-order valence-electron chi connectivity index (χ2n) is 4.61. The Morgan fingerprint density at radius 2 is 1.78 bits per heavy atom. The molecule has 0 saturated carbocycles. The predicted octanol–water partition coefficient (Wildman–Crippen LogP) is 2.68. The van der Waals surface area contributed by atoms with Crippen molar-refractivity contribution in [1.29, 1.82) is 0 Å². The quantitative estimate of drug-likeness (QED) is 0.749. The fourth-order valence-corrected chi connectivity index (χ4v) is 1.85. The molecule has 0 aliphatic heterocycles. The van der Waals surface area contributed by atoms with Gasteiger partial charge in [0, 0.05) is 24.0 Å². The Kier molecular flexibility index (Phi) is 4.58. The van der Waals surface area contributed by atoms with Crippen LogP contribution in [0.1, 0.15) is 5.69 Å². The maximum Gasteiger partial charge on any atom is 0.238 e. The van der Waals surface area contributed by atoms with Gasteiger partial charge in [-0.1, -0.05) is 0 Å². The van der Waals surface area contributed by atoms with Gasteiger partial charge in [0.2, 0.25) is 11.8 Å². The van der Waals surface area contributed by atoms with Crippen LogP contribution in [0.15, 0.2) is 54.7 Å². The number of aromatic nitrogens is 4. The highest BCUT2D eigenvalue weighted by Gasteiger charge is 2.00.